The molecule has 0 amide bonds. The highest BCUT2D eigenvalue weighted by molar-refractivity contribution is 5.39. The molecule has 0 bridgehead atoms. The summed E-state index contributed by atoms with van der Waals surface area (Å²) in [5, 5.41) is 0. The third kappa shape index (κ3) is 3.21. The zero-order valence-corrected chi connectivity index (χ0v) is 11.6. The molecule has 1 saturated heterocycles. The van der Waals surface area contributed by atoms with Crippen LogP contribution in [0.25, 0.3) is 0 Å². The summed E-state index contributed by atoms with van der Waals surface area (Å²) >= 11 is 0. The number of hydrogen-bond donors (Lipinski definition) is 1. The number of anilines is 1. The Bertz CT molecular complexity index is 374. The Morgan fingerprint density at radius 2 is 2.28 bits per heavy atom. The van der Waals surface area contributed by atoms with Gasteiger partial charge in [-0.05, 0) is 31.9 Å². The lowest BCUT2D eigenvalue weighted by molar-refractivity contribution is 0.326. The molecule has 1 atom stereocenters. The largest absolute Gasteiger partial charge is 0.357 e. The summed E-state index contributed by atoms with van der Waals surface area (Å²) in [6.07, 6.45) is 3.10. The summed E-state index contributed by atoms with van der Waals surface area (Å²) in [5.74, 6) is 1.03. The summed E-state index contributed by atoms with van der Waals surface area (Å²) in [6, 6.07) is 5.10. The van der Waals surface area contributed by atoms with E-state index in [1.807, 2.05) is 6.20 Å². The molecule has 4 nitrogen and oxygen atoms in total. The molecule has 0 radical (unpaired) electrons. The molecule has 0 aromatic carbocycles. The van der Waals surface area contributed by atoms with Gasteiger partial charge in [-0.25, -0.2) is 4.98 Å². The number of hydrogen-bond acceptors (Lipinski definition) is 4. The second-order valence-corrected chi connectivity index (χ2v) is 5.51. The third-order valence-electron chi connectivity index (χ3n) is 3.66. The number of likely N-dealkylation sites (tertiary alicyclic amines) is 1. The average molecular weight is 248 g/mol. The second kappa shape index (κ2) is 5.67. The van der Waals surface area contributed by atoms with Crippen LogP contribution in [0.15, 0.2) is 18.3 Å². The molecule has 2 N–H and O–H groups in total. The maximum Gasteiger partial charge on any atom is 0.128 e. The zero-order valence-electron chi connectivity index (χ0n) is 11.6. The molecule has 0 aliphatic carbocycles. The molecule has 1 fully saturated rings. The molecule has 1 aromatic heterocycles. The lowest BCUT2D eigenvalue weighted by Crippen LogP contribution is -2.27. The lowest BCUT2D eigenvalue weighted by atomic mass is 10.2. The van der Waals surface area contributed by atoms with Gasteiger partial charge >= 0.3 is 0 Å². The number of rotatable bonds is 4. The highest BCUT2D eigenvalue weighted by Crippen LogP contribution is 2.15. The summed E-state index contributed by atoms with van der Waals surface area (Å²) in [4.78, 5) is 9.10. The highest BCUT2D eigenvalue weighted by Gasteiger charge is 2.18. The van der Waals surface area contributed by atoms with Crippen LogP contribution in [0.4, 0.5) is 5.82 Å². The molecular weight excluding hydrogens is 224 g/mol. The van der Waals surface area contributed by atoms with Crippen molar-refractivity contribution in [2.75, 3.05) is 25.0 Å². The van der Waals surface area contributed by atoms with Crippen LogP contribution in [0, 0.1) is 0 Å². The third-order valence-corrected chi connectivity index (χ3v) is 3.66. The predicted octanol–water partition coefficient (Wildman–Crippen LogP) is 1.46. The van der Waals surface area contributed by atoms with Crippen LogP contribution in [-0.2, 0) is 6.54 Å². The van der Waals surface area contributed by atoms with E-state index in [4.69, 9.17) is 5.73 Å². The quantitative estimate of drug-likeness (QED) is 0.876. The fraction of sp³-hybridized carbons (Fsp3) is 0.643. The van der Waals surface area contributed by atoms with Crippen molar-refractivity contribution in [1.29, 1.82) is 0 Å². The summed E-state index contributed by atoms with van der Waals surface area (Å²) < 4.78 is 0. The second-order valence-electron chi connectivity index (χ2n) is 5.51. The van der Waals surface area contributed by atoms with Crippen LogP contribution in [0.1, 0.15) is 25.8 Å². The Kier molecular flexibility index (Phi) is 4.19. The first-order valence-electron chi connectivity index (χ1n) is 6.72. The maximum atomic E-state index is 5.91. The average Bonchev–Trinajstić information content (AvgIpc) is 2.75. The van der Waals surface area contributed by atoms with Gasteiger partial charge in [-0.1, -0.05) is 6.07 Å². The zero-order chi connectivity index (χ0) is 13.1. The van der Waals surface area contributed by atoms with E-state index in [1.165, 1.54) is 5.56 Å². The van der Waals surface area contributed by atoms with Crippen molar-refractivity contribution in [2.45, 2.75) is 38.9 Å². The predicted molar refractivity (Wildman–Crippen MR) is 75.6 cm³/mol. The molecule has 100 valence electrons. The minimum Gasteiger partial charge on any atom is -0.357 e. The van der Waals surface area contributed by atoms with E-state index in [2.05, 4.69) is 47.8 Å². The van der Waals surface area contributed by atoms with E-state index >= 15 is 0 Å². The van der Waals surface area contributed by atoms with E-state index in [0.717, 1.165) is 31.9 Å². The van der Waals surface area contributed by atoms with Crippen molar-refractivity contribution >= 4 is 5.82 Å². The van der Waals surface area contributed by atoms with Crippen molar-refractivity contribution in [2.24, 2.45) is 5.73 Å². The molecule has 2 heterocycles. The van der Waals surface area contributed by atoms with E-state index in [9.17, 15) is 0 Å². The first-order valence-corrected chi connectivity index (χ1v) is 6.72. The van der Waals surface area contributed by atoms with Crippen LogP contribution in [0.5, 0.6) is 0 Å². The Morgan fingerprint density at radius 3 is 2.78 bits per heavy atom. The molecular formula is C14H24N4. The Hall–Kier alpha value is -1.13. The number of pyridine rings is 1. The molecule has 0 saturated carbocycles. The summed E-state index contributed by atoms with van der Waals surface area (Å²) in [6.45, 7) is 7.41. The van der Waals surface area contributed by atoms with E-state index < -0.39 is 0 Å². The first kappa shape index (κ1) is 13.3. The van der Waals surface area contributed by atoms with Gasteiger partial charge in [0.05, 0.1) is 0 Å². The van der Waals surface area contributed by atoms with Crippen molar-refractivity contribution in [3.8, 4) is 0 Å². The van der Waals surface area contributed by atoms with Crippen molar-refractivity contribution in [1.82, 2.24) is 9.88 Å². The van der Waals surface area contributed by atoms with Gasteiger partial charge < -0.3 is 10.6 Å². The van der Waals surface area contributed by atoms with Gasteiger partial charge in [0.1, 0.15) is 5.82 Å². The molecule has 0 spiro atoms. The van der Waals surface area contributed by atoms with E-state index in [0.29, 0.717) is 12.1 Å². The van der Waals surface area contributed by atoms with Crippen LogP contribution >= 0.6 is 0 Å². The van der Waals surface area contributed by atoms with Gasteiger partial charge in [-0.2, -0.15) is 0 Å². The molecule has 4 heteroatoms. The maximum absolute atomic E-state index is 5.91. The van der Waals surface area contributed by atoms with Gasteiger partial charge in [-0.3, -0.25) is 4.90 Å². The topological polar surface area (TPSA) is 45.4 Å². The normalized spacial score (nSPS) is 20.6. The van der Waals surface area contributed by atoms with Crippen LogP contribution in [-0.4, -0.2) is 42.1 Å². The standard InChI is InChI=1S/C14H24N4/c1-11(2)17(3)14-5-4-12(8-16-14)9-18-7-6-13(15)10-18/h4-5,8,11,13H,6-7,9-10,15H2,1-3H3/t13-/m1/s1. The number of nitrogens with two attached hydrogens (primary N) is 1. The Morgan fingerprint density at radius 1 is 1.50 bits per heavy atom. The minimum absolute atomic E-state index is 0.351. The van der Waals surface area contributed by atoms with E-state index in [-0.39, 0.29) is 0 Å². The van der Waals surface area contributed by atoms with Gasteiger partial charge in [0.15, 0.2) is 0 Å². The number of aromatic nitrogens is 1. The number of nitrogens with zero attached hydrogens (tertiary/aromatic N) is 3. The summed E-state index contributed by atoms with van der Waals surface area (Å²) in [5.41, 5.74) is 7.18. The van der Waals surface area contributed by atoms with E-state index in [1.54, 1.807) is 0 Å². The first-order chi connectivity index (χ1) is 8.56. The fourth-order valence-corrected chi connectivity index (χ4v) is 2.25. The van der Waals surface area contributed by atoms with Gasteiger partial charge in [0.25, 0.3) is 0 Å². The molecule has 2 rings (SSSR count). The van der Waals surface area contributed by atoms with Crippen LogP contribution < -0.4 is 10.6 Å². The molecule has 1 aliphatic heterocycles. The van der Waals surface area contributed by atoms with Gasteiger partial charge in [0.2, 0.25) is 0 Å². The molecule has 1 aliphatic rings. The van der Waals surface area contributed by atoms with Crippen molar-refractivity contribution < 1.29 is 0 Å². The SMILES string of the molecule is CC(C)N(C)c1ccc(CN2CC[C@@H](N)C2)cn1. The lowest BCUT2D eigenvalue weighted by Gasteiger charge is -2.23. The molecule has 1 aromatic rings. The van der Waals surface area contributed by atoms with Crippen molar-refractivity contribution in [3.05, 3.63) is 23.9 Å². The monoisotopic (exact) mass is 248 g/mol. The molecule has 0 unspecified atom stereocenters. The van der Waals surface area contributed by atoms with Crippen LogP contribution in [0.2, 0.25) is 0 Å². The van der Waals surface area contributed by atoms with Crippen molar-refractivity contribution in [3.63, 3.8) is 0 Å². The Balaban J connectivity index is 1.95. The minimum atomic E-state index is 0.351. The summed E-state index contributed by atoms with van der Waals surface area (Å²) in [7, 11) is 2.08. The Labute approximate surface area is 110 Å². The molecule has 18 heavy (non-hydrogen) atoms. The van der Waals surface area contributed by atoms with Gasteiger partial charge in [-0.15, -0.1) is 0 Å². The van der Waals surface area contributed by atoms with Gasteiger partial charge in [0, 0.05) is 45.0 Å². The smallest absolute Gasteiger partial charge is 0.128 e. The van der Waals surface area contributed by atoms with Crippen LogP contribution in [0.3, 0.4) is 0 Å². The fourth-order valence-electron chi connectivity index (χ4n) is 2.25. The highest BCUT2D eigenvalue weighted by atomic mass is 15.2.